The fourth-order valence-electron chi connectivity index (χ4n) is 2.11. The lowest BCUT2D eigenvalue weighted by Gasteiger charge is -2.20. The fourth-order valence-corrected chi connectivity index (χ4v) is 2.11. The number of carbonyl (C=O) groups excluding carboxylic acids is 1. The number of phenolic OH excluding ortho intramolecular Hbond substituents is 1. The van der Waals surface area contributed by atoms with Gasteiger partial charge in [-0.15, -0.1) is 0 Å². The number of anilines is 1. The molecule has 3 heteroatoms. The van der Waals surface area contributed by atoms with Crippen molar-refractivity contribution in [3.8, 4) is 5.75 Å². The quantitative estimate of drug-likeness (QED) is 0.752. The third-order valence-electron chi connectivity index (χ3n) is 2.82. The lowest BCUT2D eigenvalue weighted by molar-refractivity contribution is 0.101. The highest BCUT2D eigenvalue weighted by Gasteiger charge is 2.19. The van der Waals surface area contributed by atoms with E-state index in [-0.39, 0.29) is 11.5 Å². The molecule has 0 atom stereocenters. The van der Waals surface area contributed by atoms with Gasteiger partial charge in [-0.2, -0.15) is 0 Å². The van der Waals surface area contributed by atoms with Gasteiger partial charge < -0.3 is 10.0 Å². The van der Waals surface area contributed by atoms with Crippen molar-refractivity contribution in [2.45, 2.75) is 19.8 Å². The minimum absolute atomic E-state index is 0.0741. The van der Waals surface area contributed by atoms with Gasteiger partial charge in [0.05, 0.1) is 11.3 Å². The Morgan fingerprint density at radius 1 is 1.33 bits per heavy atom. The van der Waals surface area contributed by atoms with Gasteiger partial charge in [0, 0.05) is 13.1 Å². The molecule has 0 spiro atoms. The summed E-state index contributed by atoms with van der Waals surface area (Å²) in [7, 11) is 0. The van der Waals surface area contributed by atoms with E-state index in [0.29, 0.717) is 5.56 Å². The molecule has 0 aliphatic carbocycles. The number of hydrogen-bond donors (Lipinski definition) is 1. The molecule has 80 valence electrons. The second kappa shape index (κ2) is 3.93. The van der Waals surface area contributed by atoms with Crippen LogP contribution in [0.4, 0.5) is 5.69 Å². The van der Waals surface area contributed by atoms with E-state index in [1.54, 1.807) is 12.1 Å². The molecule has 1 heterocycles. The van der Waals surface area contributed by atoms with Crippen LogP contribution in [0.25, 0.3) is 0 Å². The van der Waals surface area contributed by atoms with E-state index in [2.05, 4.69) is 4.90 Å². The van der Waals surface area contributed by atoms with Crippen LogP contribution in [0, 0.1) is 0 Å². The predicted octanol–water partition coefficient (Wildman–Crippen LogP) is 2.20. The van der Waals surface area contributed by atoms with Crippen molar-refractivity contribution in [3.63, 3.8) is 0 Å². The molecule has 0 aromatic heterocycles. The first-order valence-electron chi connectivity index (χ1n) is 5.28. The average molecular weight is 205 g/mol. The molecule has 1 saturated heterocycles. The molecule has 0 radical (unpaired) electrons. The Bertz CT molecular complexity index is 381. The molecule has 3 nitrogen and oxygen atoms in total. The lowest BCUT2D eigenvalue weighted by Crippen LogP contribution is -2.20. The molecular formula is C12H15NO2. The van der Waals surface area contributed by atoms with Crippen molar-refractivity contribution < 1.29 is 9.90 Å². The van der Waals surface area contributed by atoms with Gasteiger partial charge in [0.2, 0.25) is 0 Å². The maximum absolute atomic E-state index is 11.5. The van der Waals surface area contributed by atoms with E-state index in [0.717, 1.165) is 31.6 Å². The van der Waals surface area contributed by atoms with Crippen LogP contribution in [0.2, 0.25) is 0 Å². The van der Waals surface area contributed by atoms with Gasteiger partial charge in [-0.25, -0.2) is 0 Å². The molecule has 1 aliphatic rings. The van der Waals surface area contributed by atoms with Crippen molar-refractivity contribution in [1.82, 2.24) is 0 Å². The van der Waals surface area contributed by atoms with Gasteiger partial charge in [0.1, 0.15) is 5.75 Å². The van der Waals surface area contributed by atoms with Crippen molar-refractivity contribution in [2.24, 2.45) is 0 Å². The molecule has 0 amide bonds. The van der Waals surface area contributed by atoms with Gasteiger partial charge in [-0.3, -0.25) is 4.79 Å². The van der Waals surface area contributed by atoms with Gasteiger partial charge in [0.15, 0.2) is 5.78 Å². The fraction of sp³-hybridized carbons (Fsp3) is 0.417. The summed E-state index contributed by atoms with van der Waals surface area (Å²) in [4.78, 5) is 13.6. The highest BCUT2D eigenvalue weighted by molar-refractivity contribution is 6.02. The zero-order valence-corrected chi connectivity index (χ0v) is 8.86. The van der Waals surface area contributed by atoms with Gasteiger partial charge in [0.25, 0.3) is 0 Å². The van der Waals surface area contributed by atoms with E-state index in [1.165, 1.54) is 6.92 Å². The zero-order valence-electron chi connectivity index (χ0n) is 8.86. The molecule has 2 rings (SSSR count). The number of carbonyl (C=O) groups is 1. The zero-order chi connectivity index (χ0) is 10.8. The minimum Gasteiger partial charge on any atom is -0.507 e. The summed E-state index contributed by atoms with van der Waals surface area (Å²) in [6.45, 7) is 3.45. The minimum atomic E-state index is -0.0741. The Balaban J connectivity index is 2.45. The summed E-state index contributed by atoms with van der Waals surface area (Å²) >= 11 is 0. The monoisotopic (exact) mass is 205 g/mol. The molecule has 0 unspecified atom stereocenters. The molecular weight excluding hydrogens is 190 g/mol. The standard InChI is InChI=1S/C12H15NO2/c1-9(14)12-10(5-4-6-11(12)15)13-7-2-3-8-13/h4-6,15H,2-3,7-8H2,1H3. The average Bonchev–Trinajstić information content (AvgIpc) is 2.69. The maximum atomic E-state index is 11.5. The highest BCUT2D eigenvalue weighted by Crippen LogP contribution is 2.30. The number of nitrogens with zero attached hydrogens (tertiary/aromatic N) is 1. The van der Waals surface area contributed by atoms with Crippen LogP contribution in [0.15, 0.2) is 18.2 Å². The highest BCUT2D eigenvalue weighted by atomic mass is 16.3. The predicted molar refractivity (Wildman–Crippen MR) is 59.6 cm³/mol. The third kappa shape index (κ3) is 1.82. The van der Waals surface area contributed by atoms with E-state index in [9.17, 15) is 9.90 Å². The smallest absolute Gasteiger partial charge is 0.165 e. The van der Waals surface area contributed by atoms with Gasteiger partial charge >= 0.3 is 0 Å². The van der Waals surface area contributed by atoms with Crippen LogP contribution >= 0.6 is 0 Å². The van der Waals surface area contributed by atoms with E-state index < -0.39 is 0 Å². The summed E-state index contributed by atoms with van der Waals surface area (Å²) in [5.74, 6) is 0.0156. The first-order valence-corrected chi connectivity index (χ1v) is 5.28. The van der Waals surface area contributed by atoms with Crippen LogP contribution in [0.3, 0.4) is 0 Å². The van der Waals surface area contributed by atoms with E-state index >= 15 is 0 Å². The molecule has 1 aromatic rings. The van der Waals surface area contributed by atoms with Gasteiger partial charge in [-0.1, -0.05) is 6.07 Å². The second-order valence-electron chi connectivity index (χ2n) is 3.92. The Hall–Kier alpha value is -1.51. The van der Waals surface area contributed by atoms with Crippen molar-refractivity contribution >= 4 is 11.5 Å². The van der Waals surface area contributed by atoms with Crippen LogP contribution < -0.4 is 4.90 Å². The molecule has 0 saturated carbocycles. The molecule has 1 aliphatic heterocycles. The summed E-state index contributed by atoms with van der Waals surface area (Å²) in [5.41, 5.74) is 1.33. The van der Waals surface area contributed by atoms with Crippen LogP contribution in [0.5, 0.6) is 5.75 Å². The third-order valence-corrected chi connectivity index (χ3v) is 2.82. The number of benzene rings is 1. The van der Waals surface area contributed by atoms with Gasteiger partial charge in [-0.05, 0) is 31.9 Å². The van der Waals surface area contributed by atoms with Crippen molar-refractivity contribution in [1.29, 1.82) is 0 Å². The number of hydrogen-bond acceptors (Lipinski definition) is 3. The summed E-state index contributed by atoms with van der Waals surface area (Å²) in [6, 6.07) is 5.26. The lowest BCUT2D eigenvalue weighted by atomic mass is 10.1. The molecule has 1 N–H and O–H groups in total. The Morgan fingerprint density at radius 3 is 2.60 bits per heavy atom. The van der Waals surface area contributed by atoms with Crippen molar-refractivity contribution in [3.05, 3.63) is 23.8 Å². The number of rotatable bonds is 2. The second-order valence-corrected chi connectivity index (χ2v) is 3.92. The molecule has 0 bridgehead atoms. The first-order chi connectivity index (χ1) is 7.20. The molecule has 15 heavy (non-hydrogen) atoms. The maximum Gasteiger partial charge on any atom is 0.165 e. The number of ketones is 1. The first kappa shape index (κ1) is 10.0. The Kier molecular flexibility index (Phi) is 2.62. The summed E-state index contributed by atoms with van der Waals surface area (Å²) in [5, 5.41) is 9.67. The number of aromatic hydroxyl groups is 1. The van der Waals surface area contributed by atoms with Crippen LogP contribution in [-0.2, 0) is 0 Å². The number of phenols is 1. The Morgan fingerprint density at radius 2 is 2.00 bits per heavy atom. The topological polar surface area (TPSA) is 40.5 Å². The van der Waals surface area contributed by atoms with Crippen LogP contribution in [0.1, 0.15) is 30.1 Å². The van der Waals surface area contributed by atoms with E-state index in [1.807, 2.05) is 6.07 Å². The van der Waals surface area contributed by atoms with E-state index in [4.69, 9.17) is 0 Å². The normalized spacial score (nSPS) is 15.7. The number of Topliss-reactive ketones (excluding diaryl/α,β-unsaturated/α-hetero) is 1. The summed E-state index contributed by atoms with van der Waals surface area (Å²) < 4.78 is 0. The van der Waals surface area contributed by atoms with Crippen molar-refractivity contribution in [2.75, 3.05) is 18.0 Å². The Labute approximate surface area is 89.3 Å². The SMILES string of the molecule is CC(=O)c1c(O)cccc1N1CCCC1. The molecule has 1 aromatic carbocycles. The summed E-state index contributed by atoms with van der Waals surface area (Å²) in [6.07, 6.45) is 2.32. The molecule has 1 fully saturated rings. The largest absolute Gasteiger partial charge is 0.507 e. The van der Waals surface area contributed by atoms with Crippen LogP contribution in [-0.4, -0.2) is 24.0 Å².